The molecule has 2 fully saturated rings. The maximum absolute atomic E-state index is 13.4. The van der Waals surface area contributed by atoms with E-state index >= 15 is 0 Å². The third-order valence-electron chi connectivity index (χ3n) is 8.16. The Morgan fingerprint density at radius 1 is 1.09 bits per heavy atom. The van der Waals surface area contributed by atoms with Crippen molar-refractivity contribution in [3.8, 4) is 11.1 Å². The van der Waals surface area contributed by atoms with Gasteiger partial charge in [-0.1, -0.05) is 68.8 Å². The number of fused-ring (bicyclic) bond motifs is 4. The first-order valence-corrected chi connectivity index (χ1v) is 12.5. The molecule has 0 spiro atoms. The molecule has 3 aliphatic rings. The number of hydrogen-bond acceptors (Lipinski definition) is 4. The van der Waals surface area contributed by atoms with Gasteiger partial charge in [-0.2, -0.15) is 0 Å². The van der Waals surface area contributed by atoms with Crippen molar-refractivity contribution in [1.29, 1.82) is 0 Å². The van der Waals surface area contributed by atoms with Crippen LogP contribution in [0.2, 0.25) is 0 Å². The van der Waals surface area contributed by atoms with Crippen LogP contribution in [-0.4, -0.2) is 53.7 Å². The summed E-state index contributed by atoms with van der Waals surface area (Å²) in [5, 5.41) is 12.6. The Hall–Kier alpha value is -3.35. The van der Waals surface area contributed by atoms with Crippen LogP contribution < -0.4 is 5.32 Å². The van der Waals surface area contributed by atoms with Crippen molar-refractivity contribution in [2.75, 3.05) is 19.7 Å². The molecular weight excluding hydrogens is 444 g/mol. The smallest absolute Gasteiger partial charge is 0.407 e. The number of benzene rings is 2. The van der Waals surface area contributed by atoms with Crippen LogP contribution in [0.3, 0.4) is 0 Å². The number of rotatable bonds is 6. The minimum absolute atomic E-state index is 0.0220. The van der Waals surface area contributed by atoms with Crippen molar-refractivity contribution < 1.29 is 24.2 Å². The average Bonchev–Trinajstić information content (AvgIpc) is 3.50. The summed E-state index contributed by atoms with van der Waals surface area (Å²) in [6.07, 6.45) is 1.67. The van der Waals surface area contributed by atoms with Crippen LogP contribution in [-0.2, 0) is 14.3 Å². The van der Waals surface area contributed by atoms with E-state index in [0.29, 0.717) is 13.0 Å². The van der Waals surface area contributed by atoms with Gasteiger partial charge in [0, 0.05) is 19.0 Å². The molecule has 35 heavy (non-hydrogen) atoms. The number of nitrogens with one attached hydrogen (secondary N) is 1. The van der Waals surface area contributed by atoms with E-state index in [1.165, 1.54) is 0 Å². The number of carbonyl (C=O) groups excluding carboxylic acids is 2. The molecule has 1 saturated heterocycles. The van der Waals surface area contributed by atoms with E-state index in [0.717, 1.165) is 35.1 Å². The molecular formula is C28H32N2O5. The van der Waals surface area contributed by atoms with Gasteiger partial charge >= 0.3 is 12.1 Å². The minimum Gasteiger partial charge on any atom is -0.481 e. The predicted octanol–water partition coefficient (Wildman–Crippen LogP) is 4.26. The second-order valence-electron chi connectivity index (χ2n) is 10.5. The SMILES string of the molecule is CC(C)C(NC(=O)OCC1c2ccccc2-c2ccccc21)C(=O)N1C[C@@H]2CCC[C@]2(C(=O)O)C1. The number of nitrogens with zero attached hydrogens (tertiary/aromatic N) is 1. The minimum atomic E-state index is -0.846. The van der Waals surface area contributed by atoms with Gasteiger partial charge in [-0.15, -0.1) is 0 Å². The van der Waals surface area contributed by atoms with Gasteiger partial charge in [0.25, 0.3) is 0 Å². The lowest BCUT2D eigenvalue weighted by Gasteiger charge is -2.28. The monoisotopic (exact) mass is 476 g/mol. The molecule has 1 aliphatic heterocycles. The predicted molar refractivity (Wildman–Crippen MR) is 131 cm³/mol. The van der Waals surface area contributed by atoms with E-state index in [1.807, 2.05) is 38.1 Å². The zero-order chi connectivity index (χ0) is 24.7. The van der Waals surface area contributed by atoms with Crippen molar-refractivity contribution in [3.05, 3.63) is 59.7 Å². The largest absolute Gasteiger partial charge is 0.481 e. The second-order valence-corrected chi connectivity index (χ2v) is 10.5. The maximum atomic E-state index is 13.4. The highest BCUT2D eigenvalue weighted by Crippen LogP contribution is 2.49. The van der Waals surface area contributed by atoms with Crippen LogP contribution in [0.1, 0.15) is 50.2 Å². The highest BCUT2D eigenvalue weighted by molar-refractivity contribution is 5.88. The number of aliphatic carboxylic acids is 1. The fraction of sp³-hybridized carbons (Fsp3) is 0.464. The Bertz CT molecular complexity index is 1120. The molecule has 5 rings (SSSR count). The standard InChI is InChI=1S/C28H32N2O5/c1-17(2)24(25(31)30-14-18-8-7-13-28(18,16-30)26(32)33)29-27(34)35-15-23-21-11-5-3-9-19(21)20-10-4-6-12-22(20)23/h3-6,9-12,17-18,23-24H,7-8,13-16H2,1-2H3,(H,29,34)(H,32,33)/t18-,24?,28-/m0/s1. The molecule has 2 N–H and O–H groups in total. The summed E-state index contributed by atoms with van der Waals surface area (Å²) in [4.78, 5) is 39.8. The summed E-state index contributed by atoms with van der Waals surface area (Å²) in [6.45, 7) is 4.56. The van der Waals surface area contributed by atoms with Gasteiger partial charge < -0.3 is 20.1 Å². The number of alkyl carbamates (subject to hydrolysis) is 1. The first-order valence-electron chi connectivity index (χ1n) is 12.5. The van der Waals surface area contributed by atoms with Gasteiger partial charge in [0.05, 0.1) is 5.41 Å². The molecule has 184 valence electrons. The van der Waals surface area contributed by atoms with E-state index in [-0.39, 0.29) is 36.8 Å². The van der Waals surface area contributed by atoms with E-state index < -0.39 is 23.5 Å². The van der Waals surface area contributed by atoms with Gasteiger partial charge in [0.2, 0.25) is 5.91 Å². The molecule has 7 nitrogen and oxygen atoms in total. The van der Waals surface area contributed by atoms with Gasteiger partial charge in [-0.3, -0.25) is 9.59 Å². The van der Waals surface area contributed by atoms with Crippen LogP contribution in [0, 0.1) is 17.3 Å². The molecule has 0 aromatic heterocycles. The number of hydrogen-bond donors (Lipinski definition) is 2. The van der Waals surface area contributed by atoms with Crippen molar-refractivity contribution in [2.24, 2.45) is 17.3 Å². The van der Waals surface area contributed by atoms with Crippen LogP contribution in [0.25, 0.3) is 11.1 Å². The molecule has 2 amide bonds. The topological polar surface area (TPSA) is 95.9 Å². The summed E-state index contributed by atoms with van der Waals surface area (Å²) in [7, 11) is 0. The molecule has 2 aromatic carbocycles. The van der Waals surface area contributed by atoms with Gasteiger partial charge in [-0.05, 0) is 46.9 Å². The number of carboxylic acid groups (broad SMARTS) is 1. The molecule has 2 aromatic rings. The number of ether oxygens (including phenoxy) is 1. The zero-order valence-corrected chi connectivity index (χ0v) is 20.2. The van der Waals surface area contributed by atoms with Crippen LogP contribution in [0.15, 0.2) is 48.5 Å². The molecule has 7 heteroatoms. The average molecular weight is 477 g/mol. The Balaban J connectivity index is 1.25. The molecule has 1 unspecified atom stereocenters. The fourth-order valence-corrected chi connectivity index (χ4v) is 6.28. The number of likely N-dealkylation sites (tertiary alicyclic amines) is 1. The number of carboxylic acids is 1. The van der Waals surface area contributed by atoms with E-state index in [1.54, 1.807) is 4.90 Å². The lowest BCUT2D eigenvalue weighted by molar-refractivity contribution is -0.149. The van der Waals surface area contributed by atoms with Crippen molar-refractivity contribution in [1.82, 2.24) is 10.2 Å². The lowest BCUT2D eigenvalue weighted by atomic mass is 9.81. The first kappa shape index (κ1) is 23.4. The zero-order valence-electron chi connectivity index (χ0n) is 20.2. The quantitative estimate of drug-likeness (QED) is 0.649. The Kier molecular flexibility index (Phi) is 6.03. The molecule has 0 radical (unpaired) electrons. The summed E-state index contributed by atoms with van der Waals surface area (Å²) < 4.78 is 5.65. The Labute approximate surface area is 205 Å². The third-order valence-corrected chi connectivity index (χ3v) is 8.16. The van der Waals surface area contributed by atoms with Crippen LogP contribution >= 0.6 is 0 Å². The van der Waals surface area contributed by atoms with E-state index in [9.17, 15) is 19.5 Å². The number of amides is 2. The van der Waals surface area contributed by atoms with Crippen LogP contribution in [0.5, 0.6) is 0 Å². The van der Waals surface area contributed by atoms with E-state index in [4.69, 9.17) is 4.74 Å². The number of carbonyl (C=O) groups is 3. The summed E-state index contributed by atoms with van der Waals surface area (Å²) in [5.41, 5.74) is 3.71. The van der Waals surface area contributed by atoms with Gasteiger partial charge in [0.15, 0.2) is 0 Å². The Morgan fingerprint density at radius 3 is 2.29 bits per heavy atom. The first-order chi connectivity index (χ1) is 16.8. The molecule has 1 heterocycles. The van der Waals surface area contributed by atoms with E-state index in [2.05, 4.69) is 29.6 Å². The summed E-state index contributed by atoms with van der Waals surface area (Å²) in [6, 6.07) is 15.5. The van der Waals surface area contributed by atoms with Gasteiger partial charge in [-0.25, -0.2) is 4.79 Å². The summed E-state index contributed by atoms with van der Waals surface area (Å²) >= 11 is 0. The highest BCUT2D eigenvalue weighted by atomic mass is 16.5. The summed E-state index contributed by atoms with van der Waals surface area (Å²) in [5.74, 6) is -1.30. The highest BCUT2D eigenvalue weighted by Gasteiger charge is 2.56. The second kappa shape index (κ2) is 9.02. The molecule has 2 aliphatic carbocycles. The van der Waals surface area contributed by atoms with Crippen molar-refractivity contribution in [3.63, 3.8) is 0 Å². The van der Waals surface area contributed by atoms with Crippen molar-refractivity contribution >= 4 is 18.0 Å². The van der Waals surface area contributed by atoms with Gasteiger partial charge in [0.1, 0.15) is 12.6 Å². The Morgan fingerprint density at radius 2 is 1.71 bits per heavy atom. The molecule has 3 atom stereocenters. The van der Waals surface area contributed by atoms with Crippen LogP contribution in [0.4, 0.5) is 4.79 Å². The lowest BCUT2D eigenvalue weighted by Crippen LogP contribution is -2.51. The fourth-order valence-electron chi connectivity index (χ4n) is 6.28. The third kappa shape index (κ3) is 3.97. The molecule has 1 saturated carbocycles. The molecule has 0 bridgehead atoms. The normalized spacial score (nSPS) is 23.5. The van der Waals surface area contributed by atoms with Crippen molar-refractivity contribution in [2.45, 2.75) is 45.1 Å². The maximum Gasteiger partial charge on any atom is 0.407 e.